The van der Waals surface area contributed by atoms with Gasteiger partial charge in [0, 0.05) is 5.39 Å². The predicted octanol–water partition coefficient (Wildman–Crippen LogP) is 3.74. The first kappa shape index (κ1) is 11.4. The minimum absolute atomic E-state index is 0.0325. The fourth-order valence-electron chi connectivity index (χ4n) is 2.59. The summed E-state index contributed by atoms with van der Waals surface area (Å²) in [5, 5.41) is 1.17. The van der Waals surface area contributed by atoms with Crippen LogP contribution in [0.3, 0.4) is 0 Å². The molecule has 1 aromatic carbocycles. The number of rotatable bonds is 2. The van der Waals surface area contributed by atoms with Crippen molar-refractivity contribution < 1.29 is 0 Å². The summed E-state index contributed by atoms with van der Waals surface area (Å²) in [5.41, 5.74) is 9.70. The Morgan fingerprint density at radius 3 is 2.78 bits per heavy atom. The minimum Gasteiger partial charge on any atom is -0.319 e. The molecule has 1 aromatic heterocycles. The van der Waals surface area contributed by atoms with Crippen LogP contribution in [-0.4, -0.2) is 4.98 Å². The lowest BCUT2D eigenvalue weighted by molar-refractivity contribution is 0.642. The molecule has 18 heavy (non-hydrogen) atoms. The standard InChI is InChI=1S/C16H18N2/c17-16(13-7-2-1-3-8-13)15-11-10-12-6-4-5-9-14(12)18-15/h4-7,9-11,16H,1-3,8,17H2. The molecule has 1 aliphatic carbocycles. The van der Waals surface area contributed by atoms with E-state index in [0.29, 0.717) is 0 Å². The van der Waals surface area contributed by atoms with Gasteiger partial charge in [-0.3, -0.25) is 4.98 Å². The Labute approximate surface area is 108 Å². The monoisotopic (exact) mass is 238 g/mol. The van der Waals surface area contributed by atoms with Crippen LogP contribution in [0.15, 0.2) is 48.0 Å². The van der Waals surface area contributed by atoms with Gasteiger partial charge in [-0.2, -0.15) is 0 Å². The Bertz CT molecular complexity index is 586. The Hall–Kier alpha value is -1.67. The van der Waals surface area contributed by atoms with Crippen molar-refractivity contribution in [1.82, 2.24) is 4.98 Å². The number of nitrogens with zero attached hydrogens (tertiary/aromatic N) is 1. The molecule has 2 heteroatoms. The largest absolute Gasteiger partial charge is 0.319 e. The zero-order chi connectivity index (χ0) is 12.4. The van der Waals surface area contributed by atoms with Gasteiger partial charge in [-0.1, -0.05) is 35.9 Å². The SMILES string of the molecule is NC(C1=CCCCC1)c1ccc2ccccc2n1. The number of hydrogen-bond acceptors (Lipinski definition) is 2. The Morgan fingerprint density at radius 2 is 1.94 bits per heavy atom. The van der Waals surface area contributed by atoms with Gasteiger partial charge in [0.2, 0.25) is 0 Å². The molecule has 1 aliphatic rings. The van der Waals surface area contributed by atoms with Crippen molar-refractivity contribution in [2.75, 3.05) is 0 Å². The van der Waals surface area contributed by atoms with Crippen molar-refractivity contribution in [2.24, 2.45) is 5.73 Å². The van der Waals surface area contributed by atoms with E-state index < -0.39 is 0 Å². The summed E-state index contributed by atoms with van der Waals surface area (Å²) in [6, 6.07) is 12.3. The smallest absolute Gasteiger partial charge is 0.0706 e. The maximum Gasteiger partial charge on any atom is 0.0706 e. The van der Waals surface area contributed by atoms with Crippen LogP contribution in [0, 0.1) is 0 Å². The van der Waals surface area contributed by atoms with E-state index in [1.54, 1.807) is 0 Å². The van der Waals surface area contributed by atoms with Crippen LogP contribution < -0.4 is 5.73 Å². The van der Waals surface area contributed by atoms with Gasteiger partial charge in [0.15, 0.2) is 0 Å². The molecule has 2 N–H and O–H groups in total. The fourth-order valence-corrected chi connectivity index (χ4v) is 2.59. The van der Waals surface area contributed by atoms with Crippen LogP contribution in [0.5, 0.6) is 0 Å². The zero-order valence-electron chi connectivity index (χ0n) is 10.5. The van der Waals surface area contributed by atoms with Crippen LogP contribution >= 0.6 is 0 Å². The molecule has 1 atom stereocenters. The Balaban J connectivity index is 1.96. The summed E-state index contributed by atoms with van der Waals surface area (Å²) in [7, 11) is 0. The van der Waals surface area contributed by atoms with Gasteiger partial charge in [-0.05, 0) is 37.8 Å². The second kappa shape index (κ2) is 4.91. The second-order valence-electron chi connectivity index (χ2n) is 4.93. The first-order valence-corrected chi connectivity index (χ1v) is 6.65. The van der Waals surface area contributed by atoms with E-state index in [9.17, 15) is 0 Å². The van der Waals surface area contributed by atoms with Crippen LogP contribution in [0.25, 0.3) is 10.9 Å². The maximum absolute atomic E-state index is 6.33. The van der Waals surface area contributed by atoms with Crippen LogP contribution in [-0.2, 0) is 0 Å². The summed E-state index contributed by atoms with van der Waals surface area (Å²) >= 11 is 0. The number of hydrogen-bond donors (Lipinski definition) is 1. The normalized spacial score (nSPS) is 17.5. The molecular formula is C16H18N2. The van der Waals surface area contributed by atoms with E-state index in [4.69, 9.17) is 5.73 Å². The summed E-state index contributed by atoms with van der Waals surface area (Å²) < 4.78 is 0. The molecule has 1 unspecified atom stereocenters. The number of benzene rings is 1. The molecule has 0 saturated carbocycles. The van der Waals surface area contributed by atoms with Gasteiger partial charge in [0.05, 0.1) is 17.3 Å². The van der Waals surface area contributed by atoms with Crippen LogP contribution in [0.1, 0.15) is 37.4 Å². The third-order valence-corrected chi connectivity index (χ3v) is 3.66. The highest BCUT2D eigenvalue weighted by Crippen LogP contribution is 2.27. The van der Waals surface area contributed by atoms with Crippen molar-refractivity contribution >= 4 is 10.9 Å². The summed E-state index contributed by atoms with van der Waals surface area (Å²) in [4.78, 5) is 4.68. The van der Waals surface area contributed by atoms with Gasteiger partial charge in [0.1, 0.15) is 0 Å². The fraction of sp³-hybridized carbons (Fsp3) is 0.312. The lowest BCUT2D eigenvalue weighted by Crippen LogP contribution is -2.16. The topological polar surface area (TPSA) is 38.9 Å². The van der Waals surface area contributed by atoms with Gasteiger partial charge >= 0.3 is 0 Å². The molecule has 92 valence electrons. The van der Waals surface area contributed by atoms with E-state index in [2.05, 4.69) is 29.3 Å². The molecular weight excluding hydrogens is 220 g/mol. The van der Waals surface area contributed by atoms with E-state index in [-0.39, 0.29) is 6.04 Å². The molecule has 0 bridgehead atoms. The maximum atomic E-state index is 6.33. The number of nitrogens with two attached hydrogens (primary N) is 1. The van der Waals surface area contributed by atoms with Gasteiger partial charge in [-0.15, -0.1) is 0 Å². The van der Waals surface area contributed by atoms with Crippen molar-refractivity contribution in [2.45, 2.75) is 31.7 Å². The Kier molecular flexibility index (Phi) is 3.11. The molecule has 2 nitrogen and oxygen atoms in total. The Morgan fingerprint density at radius 1 is 1.06 bits per heavy atom. The summed E-state index contributed by atoms with van der Waals surface area (Å²) in [6.45, 7) is 0. The van der Waals surface area contributed by atoms with E-state index >= 15 is 0 Å². The number of fused-ring (bicyclic) bond motifs is 1. The summed E-state index contributed by atoms with van der Waals surface area (Å²) in [6.07, 6.45) is 7.13. The lowest BCUT2D eigenvalue weighted by atomic mass is 9.92. The predicted molar refractivity (Wildman–Crippen MR) is 75.2 cm³/mol. The van der Waals surface area contributed by atoms with E-state index in [1.165, 1.54) is 23.8 Å². The molecule has 1 heterocycles. The zero-order valence-corrected chi connectivity index (χ0v) is 10.5. The van der Waals surface area contributed by atoms with Crippen molar-refractivity contribution in [1.29, 1.82) is 0 Å². The molecule has 2 aromatic rings. The molecule has 3 rings (SSSR count). The van der Waals surface area contributed by atoms with E-state index in [1.807, 2.05) is 18.2 Å². The highest BCUT2D eigenvalue weighted by molar-refractivity contribution is 5.78. The third kappa shape index (κ3) is 2.16. The van der Waals surface area contributed by atoms with Crippen molar-refractivity contribution in [3.8, 4) is 0 Å². The van der Waals surface area contributed by atoms with Gasteiger partial charge < -0.3 is 5.73 Å². The quantitative estimate of drug-likeness (QED) is 0.809. The summed E-state index contributed by atoms with van der Waals surface area (Å²) in [5.74, 6) is 0. The van der Waals surface area contributed by atoms with Gasteiger partial charge in [0.25, 0.3) is 0 Å². The highest BCUT2D eigenvalue weighted by Gasteiger charge is 2.15. The van der Waals surface area contributed by atoms with Crippen molar-refractivity contribution in [3.63, 3.8) is 0 Å². The number of aromatic nitrogens is 1. The van der Waals surface area contributed by atoms with Crippen LogP contribution in [0.4, 0.5) is 0 Å². The molecule has 0 radical (unpaired) electrons. The van der Waals surface area contributed by atoms with Crippen LogP contribution in [0.2, 0.25) is 0 Å². The number of allylic oxidation sites excluding steroid dienone is 1. The highest BCUT2D eigenvalue weighted by atomic mass is 14.8. The molecule has 0 fully saturated rings. The third-order valence-electron chi connectivity index (χ3n) is 3.66. The number of pyridine rings is 1. The molecule has 0 spiro atoms. The molecule has 0 aliphatic heterocycles. The molecule has 0 saturated heterocycles. The molecule has 0 amide bonds. The second-order valence-corrected chi connectivity index (χ2v) is 4.93. The average Bonchev–Trinajstić information content (AvgIpc) is 2.47. The lowest BCUT2D eigenvalue weighted by Gasteiger charge is -2.19. The first-order valence-electron chi connectivity index (χ1n) is 6.65. The average molecular weight is 238 g/mol. The van der Waals surface area contributed by atoms with E-state index in [0.717, 1.165) is 24.1 Å². The van der Waals surface area contributed by atoms with Gasteiger partial charge in [-0.25, -0.2) is 0 Å². The first-order chi connectivity index (χ1) is 8.84. The number of para-hydroxylation sites is 1. The minimum atomic E-state index is -0.0325. The van der Waals surface area contributed by atoms with Crippen molar-refractivity contribution in [3.05, 3.63) is 53.7 Å².